The molecule has 1 aliphatic heterocycles. The predicted molar refractivity (Wildman–Crippen MR) is 63.8 cm³/mol. The molecule has 16 heavy (non-hydrogen) atoms. The van der Waals surface area contributed by atoms with E-state index in [2.05, 4.69) is 9.97 Å². The fourth-order valence-electron chi connectivity index (χ4n) is 1.89. The second kappa shape index (κ2) is 3.59. The highest BCUT2D eigenvalue weighted by atomic mass is 16.1. The molecule has 0 radical (unpaired) electrons. The normalized spacial score (nSPS) is 18.7. The van der Waals surface area contributed by atoms with Gasteiger partial charge in [0.2, 0.25) is 0 Å². The Hall–Kier alpha value is -1.36. The first-order chi connectivity index (χ1) is 7.37. The van der Waals surface area contributed by atoms with E-state index in [9.17, 15) is 4.79 Å². The van der Waals surface area contributed by atoms with Crippen LogP contribution < -0.4 is 16.2 Å². The van der Waals surface area contributed by atoms with Crippen LogP contribution in [0.2, 0.25) is 0 Å². The molecule has 0 bridgehead atoms. The number of rotatable bonds is 2. The number of aromatic nitrogens is 2. The van der Waals surface area contributed by atoms with Gasteiger partial charge in [-0.2, -0.15) is 0 Å². The number of nitrogens with two attached hydrogens (primary N) is 1. The maximum absolute atomic E-state index is 11.5. The molecule has 0 aliphatic carbocycles. The Morgan fingerprint density at radius 1 is 1.56 bits per heavy atom. The van der Waals surface area contributed by atoms with Gasteiger partial charge in [0.05, 0.1) is 0 Å². The first kappa shape index (κ1) is 11.1. The van der Waals surface area contributed by atoms with Crippen LogP contribution >= 0.6 is 0 Å². The van der Waals surface area contributed by atoms with Crippen molar-refractivity contribution >= 4 is 5.82 Å². The van der Waals surface area contributed by atoms with E-state index < -0.39 is 0 Å². The first-order valence-electron chi connectivity index (χ1n) is 5.52. The van der Waals surface area contributed by atoms with Crippen LogP contribution in [0.25, 0.3) is 0 Å². The lowest BCUT2D eigenvalue weighted by Gasteiger charge is -2.46. The van der Waals surface area contributed by atoms with Gasteiger partial charge in [-0.1, -0.05) is 13.8 Å². The molecule has 1 saturated heterocycles. The third-order valence-corrected chi connectivity index (χ3v) is 2.72. The van der Waals surface area contributed by atoms with E-state index in [4.69, 9.17) is 5.73 Å². The molecule has 88 valence electrons. The Morgan fingerprint density at radius 2 is 2.19 bits per heavy atom. The zero-order chi connectivity index (χ0) is 11.9. The van der Waals surface area contributed by atoms with Crippen LogP contribution in [0, 0.1) is 0 Å². The highest BCUT2D eigenvalue weighted by molar-refractivity contribution is 5.43. The predicted octanol–water partition coefficient (Wildman–Crippen LogP) is 0.431. The van der Waals surface area contributed by atoms with Crippen molar-refractivity contribution in [2.45, 2.75) is 32.2 Å². The van der Waals surface area contributed by atoms with Crippen LogP contribution in [0.1, 0.15) is 32.5 Å². The highest BCUT2D eigenvalue weighted by Gasteiger charge is 2.35. The van der Waals surface area contributed by atoms with Gasteiger partial charge in [-0.15, -0.1) is 0 Å². The maximum Gasteiger partial charge on any atom is 0.252 e. The molecule has 0 aromatic carbocycles. The number of aromatic amines is 1. The Morgan fingerprint density at radius 3 is 2.69 bits per heavy atom. The second-order valence-electron chi connectivity index (χ2n) is 5.15. The van der Waals surface area contributed by atoms with Gasteiger partial charge in [0.15, 0.2) is 0 Å². The number of nitrogens with zero attached hydrogens (tertiary/aromatic N) is 2. The molecule has 0 saturated carbocycles. The monoisotopic (exact) mass is 222 g/mol. The lowest BCUT2D eigenvalue weighted by Crippen LogP contribution is -2.66. The number of H-pyrrole nitrogens is 1. The molecule has 2 heterocycles. The lowest BCUT2D eigenvalue weighted by molar-refractivity contribution is 0.362. The molecule has 0 amide bonds. The van der Waals surface area contributed by atoms with Gasteiger partial charge >= 0.3 is 0 Å². The van der Waals surface area contributed by atoms with Gasteiger partial charge in [-0.3, -0.25) is 4.79 Å². The van der Waals surface area contributed by atoms with Crippen molar-refractivity contribution in [3.8, 4) is 0 Å². The van der Waals surface area contributed by atoms with Crippen LogP contribution in [0.4, 0.5) is 5.82 Å². The van der Waals surface area contributed by atoms with Crippen molar-refractivity contribution in [3.05, 3.63) is 22.2 Å². The molecule has 1 aromatic rings. The zero-order valence-electron chi connectivity index (χ0n) is 9.95. The number of hydrogen-bond donors (Lipinski definition) is 2. The van der Waals surface area contributed by atoms with Crippen LogP contribution in [-0.4, -0.2) is 28.6 Å². The molecular formula is C11H18N4O. The first-order valence-corrected chi connectivity index (χ1v) is 5.52. The van der Waals surface area contributed by atoms with Crippen molar-refractivity contribution < 1.29 is 0 Å². The SMILES string of the molecule is CC(C)c1nc(N2CC(C)(N)C2)cc(=O)[nH]1. The summed E-state index contributed by atoms with van der Waals surface area (Å²) in [5, 5.41) is 0. The fourth-order valence-corrected chi connectivity index (χ4v) is 1.89. The van der Waals surface area contributed by atoms with Crippen LogP contribution in [0.15, 0.2) is 10.9 Å². The number of hydrogen-bond acceptors (Lipinski definition) is 4. The fraction of sp³-hybridized carbons (Fsp3) is 0.636. The molecule has 0 spiro atoms. The van der Waals surface area contributed by atoms with E-state index in [1.807, 2.05) is 25.7 Å². The molecule has 1 aliphatic rings. The average Bonchev–Trinajstić information content (AvgIpc) is 2.12. The van der Waals surface area contributed by atoms with Gasteiger partial charge in [0, 0.05) is 30.6 Å². The van der Waals surface area contributed by atoms with E-state index in [0.29, 0.717) is 0 Å². The summed E-state index contributed by atoms with van der Waals surface area (Å²) in [6, 6.07) is 1.53. The molecule has 2 rings (SSSR count). The van der Waals surface area contributed by atoms with Crippen molar-refractivity contribution in [1.82, 2.24) is 9.97 Å². The highest BCUT2D eigenvalue weighted by Crippen LogP contribution is 2.23. The van der Waals surface area contributed by atoms with E-state index in [-0.39, 0.29) is 17.0 Å². The summed E-state index contributed by atoms with van der Waals surface area (Å²) < 4.78 is 0. The average molecular weight is 222 g/mol. The Balaban J connectivity index is 2.26. The summed E-state index contributed by atoms with van der Waals surface area (Å²) in [7, 11) is 0. The third kappa shape index (κ3) is 2.09. The van der Waals surface area contributed by atoms with Gasteiger partial charge in [-0.05, 0) is 6.92 Å². The van der Waals surface area contributed by atoms with Crippen molar-refractivity contribution in [2.75, 3.05) is 18.0 Å². The van der Waals surface area contributed by atoms with Crippen molar-refractivity contribution in [2.24, 2.45) is 5.73 Å². The third-order valence-electron chi connectivity index (χ3n) is 2.72. The molecule has 5 nitrogen and oxygen atoms in total. The second-order valence-corrected chi connectivity index (χ2v) is 5.15. The van der Waals surface area contributed by atoms with E-state index in [0.717, 1.165) is 24.7 Å². The topological polar surface area (TPSA) is 75.0 Å². The van der Waals surface area contributed by atoms with Gasteiger partial charge in [-0.25, -0.2) is 4.98 Å². The van der Waals surface area contributed by atoms with Crippen LogP contribution in [0.3, 0.4) is 0 Å². The molecule has 0 unspecified atom stereocenters. The van der Waals surface area contributed by atoms with Crippen LogP contribution in [-0.2, 0) is 0 Å². The lowest BCUT2D eigenvalue weighted by atomic mass is 9.94. The molecule has 0 atom stereocenters. The number of nitrogens with one attached hydrogen (secondary N) is 1. The Labute approximate surface area is 94.7 Å². The van der Waals surface area contributed by atoms with E-state index in [1.165, 1.54) is 6.07 Å². The van der Waals surface area contributed by atoms with Gasteiger partial charge < -0.3 is 15.6 Å². The largest absolute Gasteiger partial charge is 0.353 e. The van der Waals surface area contributed by atoms with Crippen molar-refractivity contribution in [1.29, 1.82) is 0 Å². The smallest absolute Gasteiger partial charge is 0.252 e. The van der Waals surface area contributed by atoms with E-state index >= 15 is 0 Å². The maximum atomic E-state index is 11.5. The zero-order valence-corrected chi connectivity index (χ0v) is 9.95. The van der Waals surface area contributed by atoms with Crippen LogP contribution in [0.5, 0.6) is 0 Å². The summed E-state index contributed by atoms with van der Waals surface area (Å²) in [5.41, 5.74) is 5.68. The minimum absolute atomic E-state index is 0.0978. The van der Waals surface area contributed by atoms with Crippen molar-refractivity contribution in [3.63, 3.8) is 0 Å². The molecule has 3 N–H and O–H groups in total. The molecule has 1 fully saturated rings. The number of anilines is 1. The van der Waals surface area contributed by atoms with E-state index in [1.54, 1.807) is 0 Å². The summed E-state index contributed by atoms with van der Waals surface area (Å²) in [6.45, 7) is 7.51. The minimum Gasteiger partial charge on any atom is -0.353 e. The summed E-state index contributed by atoms with van der Waals surface area (Å²) >= 11 is 0. The standard InChI is InChI=1S/C11H18N4O/c1-7(2)10-13-8(4-9(16)14-10)15-5-11(3,12)6-15/h4,7H,5-6,12H2,1-3H3,(H,13,14,16). The van der Waals surface area contributed by atoms with Gasteiger partial charge in [0.1, 0.15) is 11.6 Å². The summed E-state index contributed by atoms with van der Waals surface area (Å²) in [6.07, 6.45) is 0. The van der Waals surface area contributed by atoms with Gasteiger partial charge in [0.25, 0.3) is 5.56 Å². The molecular weight excluding hydrogens is 204 g/mol. The molecule has 5 heteroatoms. The Bertz CT molecular complexity index is 442. The quantitative estimate of drug-likeness (QED) is 0.761. The molecule has 1 aromatic heterocycles. The summed E-state index contributed by atoms with van der Waals surface area (Å²) in [4.78, 5) is 20.7. The Kier molecular flexibility index (Phi) is 2.50. The minimum atomic E-state index is -0.151. The summed E-state index contributed by atoms with van der Waals surface area (Å²) in [5.74, 6) is 1.68.